The highest BCUT2D eigenvalue weighted by atomic mass is 16.4. The Kier molecular flexibility index (Phi) is 5.81. The van der Waals surface area contributed by atoms with Crippen LogP contribution in [-0.2, 0) is 17.9 Å². The Bertz CT molecular complexity index is 529. The van der Waals surface area contributed by atoms with Gasteiger partial charge in [0.15, 0.2) is 0 Å². The number of carboxylic acid groups (broad SMARTS) is 1. The molecule has 1 aromatic rings. The monoisotopic (exact) mass is 323 g/mol. The number of aliphatic hydroxyl groups is 1. The summed E-state index contributed by atoms with van der Waals surface area (Å²) in [5.74, 6) is -0.449. The zero-order valence-electron chi connectivity index (χ0n) is 14.4. The molecular formula is C17H29N3O3. The highest BCUT2D eigenvalue weighted by Gasteiger charge is 2.48. The largest absolute Gasteiger partial charge is 0.481 e. The number of carbonyl (C=O) groups is 1. The Morgan fingerprint density at radius 2 is 2.26 bits per heavy atom. The van der Waals surface area contributed by atoms with Crippen molar-refractivity contribution in [2.75, 3.05) is 13.1 Å². The Hall–Kier alpha value is -1.40. The van der Waals surface area contributed by atoms with Crippen molar-refractivity contribution in [2.45, 2.75) is 59.2 Å². The maximum absolute atomic E-state index is 12.0. The SMILES string of the molecule is CCn1cncc1CN1CC[C@@H](O)[C@](CCC(C)C)(C(=O)O)C1. The maximum atomic E-state index is 12.0. The minimum Gasteiger partial charge on any atom is -0.481 e. The molecule has 2 heterocycles. The zero-order chi connectivity index (χ0) is 17.0. The molecular weight excluding hydrogens is 294 g/mol. The van der Waals surface area contributed by atoms with Crippen LogP contribution >= 0.6 is 0 Å². The van der Waals surface area contributed by atoms with Crippen molar-refractivity contribution < 1.29 is 15.0 Å². The van der Waals surface area contributed by atoms with Crippen LogP contribution in [0.2, 0.25) is 0 Å². The van der Waals surface area contributed by atoms with Crippen LogP contribution in [0.15, 0.2) is 12.5 Å². The molecule has 0 spiro atoms. The molecule has 23 heavy (non-hydrogen) atoms. The van der Waals surface area contributed by atoms with Crippen LogP contribution in [0.5, 0.6) is 0 Å². The van der Waals surface area contributed by atoms with Gasteiger partial charge in [-0.3, -0.25) is 9.69 Å². The van der Waals surface area contributed by atoms with E-state index in [4.69, 9.17) is 0 Å². The van der Waals surface area contributed by atoms with Crippen LogP contribution in [0.3, 0.4) is 0 Å². The third-order valence-corrected chi connectivity index (χ3v) is 4.98. The quantitative estimate of drug-likeness (QED) is 0.802. The van der Waals surface area contributed by atoms with Gasteiger partial charge in [0, 0.05) is 32.4 Å². The Labute approximate surface area is 138 Å². The average molecular weight is 323 g/mol. The topological polar surface area (TPSA) is 78.6 Å². The lowest BCUT2D eigenvalue weighted by Crippen LogP contribution is -2.55. The van der Waals surface area contributed by atoms with E-state index in [-0.39, 0.29) is 0 Å². The van der Waals surface area contributed by atoms with E-state index in [1.165, 1.54) is 0 Å². The van der Waals surface area contributed by atoms with Crippen molar-refractivity contribution in [3.05, 3.63) is 18.2 Å². The van der Waals surface area contributed by atoms with Crippen LogP contribution < -0.4 is 0 Å². The van der Waals surface area contributed by atoms with Gasteiger partial charge in [0.05, 0.1) is 18.1 Å². The van der Waals surface area contributed by atoms with Gasteiger partial charge >= 0.3 is 5.97 Å². The number of aliphatic hydroxyl groups excluding tert-OH is 1. The van der Waals surface area contributed by atoms with Crippen molar-refractivity contribution in [1.82, 2.24) is 14.5 Å². The summed E-state index contributed by atoms with van der Waals surface area (Å²) in [7, 11) is 0. The number of piperidine rings is 1. The Morgan fingerprint density at radius 3 is 2.87 bits per heavy atom. The van der Waals surface area contributed by atoms with Crippen molar-refractivity contribution >= 4 is 5.97 Å². The van der Waals surface area contributed by atoms with Gasteiger partial charge in [0.1, 0.15) is 5.41 Å². The lowest BCUT2D eigenvalue weighted by Gasteiger charge is -2.43. The number of likely N-dealkylation sites (tertiary alicyclic amines) is 1. The van der Waals surface area contributed by atoms with Gasteiger partial charge in [-0.05, 0) is 32.1 Å². The fourth-order valence-electron chi connectivity index (χ4n) is 3.40. The lowest BCUT2D eigenvalue weighted by molar-refractivity contribution is -0.165. The molecule has 0 amide bonds. The standard InChI is InChI=1S/C17H29N3O3/c1-4-20-12-18-9-14(20)10-19-8-6-15(21)17(11-19,16(22)23)7-5-13(2)3/h9,12-13,15,21H,4-8,10-11H2,1-3H3,(H,22,23)/t15-,17-/m1/s1. The summed E-state index contributed by atoms with van der Waals surface area (Å²) in [6, 6.07) is 0. The van der Waals surface area contributed by atoms with Gasteiger partial charge in [0.25, 0.3) is 0 Å². The summed E-state index contributed by atoms with van der Waals surface area (Å²) < 4.78 is 2.07. The van der Waals surface area contributed by atoms with Crippen LogP contribution in [0.25, 0.3) is 0 Å². The second-order valence-corrected chi connectivity index (χ2v) is 7.08. The van der Waals surface area contributed by atoms with Gasteiger partial charge in [-0.25, -0.2) is 4.98 Å². The molecule has 6 nitrogen and oxygen atoms in total. The molecule has 1 aliphatic rings. The maximum Gasteiger partial charge on any atom is 0.313 e. The summed E-state index contributed by atoms with van der Waals surface area (Å²) in [6.45, 7) is 8.87. The Morgan fingerprint density at radius 1 is 1.52 bits per heavy atom. The normalized spacial score (nSPS) is 25.9. The highest BCUT2D eigenvalue weighted by Crippen LogP contribution is 2.37. The van der Waals surface area contributed by atoms with E-state index >= 15 is 0 Å². The van der Waals surface area contributed by atoms with E-state index < -0.39 is 17.5 Å². The van der Waals surface area contributed by atoms with E-state index in [1.807, 2.05) is 6.20 Å². The number of imidazole rings is 1. The van der Waals surface area contributed by atoms with Crippen molar-refractivity contribution in [3.63, 3.8) is 0 Å². The van der Waals surface area contributed by atoms with Crippen LogP contribution in [0.4, 0.5) is 0 Å². The van der Waals surface area contributed by atoms with Gasteiger partial charge in [-0.1, -0.05) is 13.8 Å². The first-order chi connectivity index (χ1) is 10.9. The molecule has 2 N–H and O–H groups in total. The molecule has 1 aliphatic heterocycles. The molecule has 0 unspecified atom stereocenters. The number of hydrogen-bond acceptors (Lipinski definition) is 4. The molecule has 0 radical (unpaired) electrons. The number of carboxylic acids is 1. The molecule has 1 saturated heterocycles. The fourth-order valence-corrected chi connectivity index (χ4v) is 3.40. The van der Waals surface area contributed by atoms with Crippen molar-refractivity contribution in [1.29, 1.82) is 0 Å². The van der Waals surface area contributed by atoms with Gasteiger partial charge in [-0.15, -0.1) is 0 Å². The molecule has 0 bridgehead atoms. The van der Waals surface area contributed by atoms with E-state index in [1.54, 1.807) is 6.33 Å². The number of hydrogen-bond donors (Lipinski definition) is 2. The average Bonchev–Trinajstić information content (AvgIpc) is 2.94. The second-order valence-electron chi connectivity index (χ2n) is 7.08. The summed E-state index contributed by atoms with van der Waals surface area (Å²) >= 11 is 0. The molecule has 2 rings (SSSR count). The number of rotatable bonds is 7. The van der Waals surface area contributed by atoms with Crippen LogP contribution in [0.1, 0.15) is 45.7 Å². The summed E-state index contributed by atoms with van der Waals surface area (Å²) in [5, 5.41) is 20.2. The Balaban J connectivity index is 2.14. The van der Waals surface area contributed by atoms with E-state index in [2.05, 4.69) is 35.2 Å². The van der Waals surface area contributed by atoms with Gasteiger partial charge in [0.2, 0.25) is 0 Å². The molecule has 0 saturated carbocycles. The second kappa shape index (κ2) is 7.45. The number of aliphatic carboxylic acids is 1. The number of nitrogens with zero attached hydrogens (tertiary/aromatic N) is 3. The minimum absolute atomic E-state index is 0.394. The number of aryl methyl sites for hydroxylation is 1. The number of aromatic nitrogens is 2. The molecule has 2 atom stereocenters. The van der Waals surface area contributed by atoms with E-state index in [9.17, 15) is 15.0 Å². The third-order valence-electron chi connectivity index (χ3n) is 4.98. The van der Waals surface area contributed by atoms with Crippen LogP contribution in [0, 0.1) is 11.3 Å². The molecule has 130 valence electrons. The van der Waals surface area contributed by atoms with Gasteiger partial charge < -0.3 is 14.8 Å². The molecule has 1 aromatic heterocycles. The molecule has 6 heteroatoms. The predicted octanol–water partition coefficient (Wildman–Crippen LogP) is 1.98. The minimum atomic E-state index is -1.06. The van der Waals surface area contributed by atoms with E-state index in [0.29, 0.717) is 38.4 Å². The van der Waals surface area contributed by atoms with Crippen molar-refractivity contribution in [2.24, 2.45) is 11.3 Å². The smallest absolute Gasteiger partial charge is 0.313 e. The lowest BCUT2D eigenvalue weighted by atomic mass is 9.73. The first-order valence-electron chi connectivity index (χ1n) is 8.52. The summed E-state index contributed by atoms with van der Waals surface area (Å²) in [5.41, 5.74) is 0.0339. The van der Waals surface area contributed by atoms with Crippen molar-refractivity contribution in [3.8, 4) is 0 Å². The van der Waals surface area contributed by atoms with E-state index in [0.717, 1.165) is 18.7 Å². The first-order valence-corrected chi connectivity index (χ1v) is 8.52. The fraction of sp³-hybridized carbons (Fsp3) is 0.765. The third kappa shape index (κ3) is 3.93. The molecule has 0 aromatic carbocycles. The summed E-state index contributed by atoms with van der Waals surface area (Å²) in [6.07, 6.45) is 4.70. The zero-order valence-corrected chi connectivity index (χ0v) is 14.4. The predicted molar refractivity (Wildman–Crippen MR) is 87.9 cm³/mol. The van der Waals surface area contributed by atoms with Crippen LogP contribution in [-0.4, -0.2) is 49.8 Å². The molecule has 1 fully saturated rings. The first kappa shape index (κ1) is 17.9. The van der Waals surface area contributed by atoms with Gasteiger partial charge in [-0.2, -0.15) is 0 Å². The molecule has 0 aliphatic carbocycles. The summed E-state index contributed by atoms with van der Waals surface area (Å²) in [4.78, 5) is 18.3. The highest BCUT2D eigenvalue weighted by molar-refractivity contribution is 5.76.